The molecule has 0 aliphatic heterocycles. The van der Waals surface area contributed by atoms with Crippen molar-refractivity contribution in [3.05, 3.63) is 70.6 Å². The van der Waals surface area contributed by atoms with E-state index in [0.717, 1.165) is 30.6 Å². The highest BCUT2D eigenvalue weighted by Crippen LogP contribution is 2.21. The molecule has 1 heterocycles. The van der Waals surface area contributed by atoms with E-state index in [1.165, 1.54) is 0 Å². The van der Waals surface area contributed by atoms with E-state index in [0.29, 0.717) is 28.9 Å². The monoisotopic (exact) mass is 366 g/mol. The molecule has 1 aromatic heterocycles. The van der Waals surface area contributed by atoms with Crippen LogP contribution in [0.2, 0.25) is 5.02 Å². The van der Waals surface area contributed by atoms with Crippen LogP contribution in [0.5, 0.6) is 0 Å². The Morgan fingerprint density at radius 2 is 1.77 bits per heavy atom. The minimum atomic E-state index is 0.492. The van der Waals surface area contributed by atoms with Crippen LogP contribution < -0.4 is 0 Å². The molecule has 0 fully saturated rings. The lowest BCUT2D eigenvalue weighted by Gasteiger charge is -2.19. The Morgan fingerprint density at radius 3 is 2.42 bits per heavy atom. The number of nitriles is 1. The van der Waals surface area contributed by atoms with Crippen molar-refractivity contribution in [3.8, 4) is 17.5 Å². The molecule has 5 nitrogen and oxygen atoms in total. The molecule has 6 heteroatoms. The molecular weight excluding hydrogens is 348 g/mol. The van der Waals surface area contributed by atoms with Crippen LogP contribution in [0.15, 0.2) is 52.9 Å². The van der Waals surface area contributed by atoms with Gasteiger partial charge in [0.05, 0.1) is 18.2 Å². The smallest absolute Gasteiger partial charge is 0.247 e. The topological polar surface area (TPSA) is 66.0 Å². The minimum absolute atomic E-state index is 0.492. The molecule has 26 heavy (non-hydrogen) atoms. The highest BCUT2D eigenvalue weighted by atomic mass is 35.5. The number of halogens is 1. The van der Waals surface area contributed by atoms with Crippen molar-refractivity contribution in [2.24, 2.45) is 0 Å². The summed E-state index contributed by atoms with van der Waals surface area (Å²) < 4.78 is 5.81. The number of aromatic nitrogens is 2. The zero-order valence-electron chi connectivity index (χ0n) is 14.5. The second kappa shape index (κ2) is 8.61. The fraction of sp³-hybridized carbons (Fsp3) is 0.250. The van der Waals surface area contributed by atoms with E-state index in [2.05, 4.69) is 28.1 Å². The molecule has 3 aromatic rings. The van der Waals surface area contributed by atoms with Gasteiger partial charge in [-0.2, -0.15) is 5.26 Å². The van der Waals surface area contributed by atoms with E-state index in [9.17, 15) is 0 Å². The summed E-state index contributed by atoms with van der Waals surface area (Å²) >= 11 is 5.91. The molecule has 0 bridgehead atoms. The highest BCUT2D eigenvalue weighted by Gasteiger charge is 2.13. The van der Waals surface area contributed by atoms with Gasteiger partial charge in [0, 0.05) is 17.1 Å². The fourth-order valence-electron chi connectivity index (χ4n) is 2.69. The van der Waals surface area contributed by atoms with Crippen LogP contribution in [0.25, 0.3) is 11.5 Å². The fourth-order valence-corrected chi connectivity index (χ4v) is 2.82. The van der Waals surface area contributed by atoms with Crippen LogP contribution in [0.4, 0.5) is 0 Å². The van der Waals surface area contributed by atoms with E-state index >= 15 is 0 Å². The van der Waals surface area contributed by atoms with Crippen molar-refractivity contribution in [2.75, 3.05) is 6.54 Å². The Hall–Kier alpha value is -2.68. The largest absolute Gasteiger partial charge is 0.419 e. The van der Waals surface area contributed by atoms with Gasteiger partial charge in [0.15, 0.2) is 0 Å². The molecule has 0 spiro atoms. The molecule has 0 saturated heterocycles. The van der Waals surface area contributed by atoms with Crippen molar-refractivity contribution in [2.45, 2.75) is 26.4 Å². The van der Waals surface area contributed by atoms with E-state index in [1.807, 2.05) is 36.4 Å². The van der Waals surface area contributed by atoms with E-state index in [1.54, 1.807) is 12.1 Å². The van der Waals surface area contributed by atoms with Gasteiger partial charge >= 0.3 is 0 Å². The van der Waals surface area contributed by atoms with Crippen molar-refractivity contribution in [3.63, 3.8) is 0 Å². The number of hydrogen-bond donors (Lipinski definition) is 0. The lowest BCUT2D eigenvalue weighted by atomic mass is 10.1. The molecule has 0 atom stereocenters. The highest BCUT2D eigenvalue weighted by molar-refractivity contribution is 6.30. The van der Waals surface area contributed by atoms with Gasteiger partial charge in [0.2, 0.25) is 11.8 Å². The van der Waals surface area contributed by atoms with Crippen LogP contribution in [0.3, 0.4) is 0 Å². The molecule has 2 aromatic carbocycles. The predicted octanol–water partition coefficient (Wildman–Crippen LogP) is 4.67. The maximum atomic E-state index is 8.91. The zero-order valence-corrected chi connectivity index (χ0v) is 15.3. The Balaban J connectivity index is 1.69. The molecule has 0 aliphatic carbocycles. The summed E-state index contributed by atoms with van der Waals surface area (Å²) in [7, 11) is 0. The van der Waals surface area contributed by atoms with E-state index in [-0.39, 0.29) is 0 Å². The first kappa shape index (κ1) is 18.1. The molecule has 3 rings (SSSR count). The number of rotatable bonds is 7. The maximum Gasteiger partial charge on any atom is 0.247 e. The van der Waals surface area contributed by atoms with Gasteiger partial charge in [-0.3, -0.25) is 4.90 Å². The van der Waals surface area contributed by atoms with Crippen LogP contribution in [0.1, 0.15) is 30.4 Å². The SMILES string of the molecule is CCCN(Cc1ccc(C#N)cc1)Cc1nnc(-c2ccc(Cl)cc2)o1. The van der Waals surface area contributed by atoms with Crippen LogP contribution in [0, 0.1) is 11.3 Å². The molecule has 0 N–H and O–H groups in total. The number of hydrogen-bond acceptors (Lipinski definition) is 5. The van der Waals surface area contributed by atoms with Gasteiger partial charge in [-0.15, -0.1) is 10.2 Å². The molecule has 132 valence electrons. The van der Waals surface area contributed by atoms with E-state index < -0.39 is 0 Å². The van der Waals surface area contributed by atoms with Gasteiger partial charge in [-0.25, -0.2) is 0 Å². The van der Waals surface area contributed by atoms with Crippen LogP contribution in [-0.4, -0.2) is 21.6 Å². The van der Waals surface area contributed by atoms with Crippen molar-refractivity contribution >= 4 is 11.6 Å². The average molecular weight is 367 g/mol. The molecule has 0 unspecified atom stereocenters. The summed E-state index contributed by atoms with van der Waals surface area (Å²) in [6.45, 7) is 4.39. The molecule has 0 radical (unpaired) electrons. The lowest BCUT2D eigenvalue weighted by molar-refractivity contribution is 0.232. The van der Waals surface area contributed by atoms with Crippen LogP contribution >= 0.6 is 11.6 Å². The zero-order chi connectivity index (χ0) is 18.4. The van der Waals surface area contributed by atoms with Crippen molar-refractivity contribution in [1.82, 2.24) is 15.1 Å². The van der Waals surface area contributed by atoms with Gasteiger partial charge in [0.25, 0.3) is 0 Å². The Labute approximate surface area is 157 Å². The van der Waals surface area contributed by atoms with Crippen LogP contribution in [-0.2, 0) is 13.1 Å². The average Bonchev–Trinajstić information content (AvgIpc) is 3.11. The molecule has 0 aliphatic rings. The second-order valence-electron chi connectivity index (χ2n) is 6.03. The predicted molar refractivity (Wildman–Crippen MR) is 100 cm³/mol. The van der Waals surface area contributed by atoms with Gasteiger partial charge in [-0.05, 0) is 54.9 Å². The maximum absolute atomic E-state index is 8.91. The third-order valence-electron chi connectivity index (χ3n) is 3.95. The van der Waals surface area contributed by atoms with Gasteiger partial charge in [-0.1, -0.05) is 30.7 Å². The van der Waals surface area contributed by atoms with Gasteiger partial charge < -0.3 is 4.42 Å². The van der Waals surface area contributed by atoms with Crippen molar-refractivity contribution in [1.29, 1.82) is 5.26 Å². The minimum Gasteiger partial charge on any atom is -0.419 e. The second-order valence-corrected chi connectivity index (χ2v) is 6.46. The Bertz CT molecular complexity index is 881. The third kappa shape index (κ3) is 4.69. The summed E-state index contributed by atoms with van der Waals surface area (Å²) in [4.78, 5) is 2.25. The van der Waals surface area contributed by atoms with Gasteiger partial charge in [0.1, 0.15) is 0 Å². The first-order valence-corrected chi connectivity index (χ1v) is 8.85. The normalized spacial score (nSPS) is 10.8. The molecule has 0 saturated carbocycles. The first-order valence-electron chi connectivity index (χ1n) is 8.47. The summed E-state index contributed by atoms with van der Waals surface area (Å²) in [6, 6.07) is 17.1. The summed E-state index contributed by atoms with van der Waals surface area (Å²) in [5.41, 5.74) is 2.66. The molecule has 0 amide bonds. The number of nitrogens with zero attached hydrogens (tertiary/aromatic N) is 4. The summed E-state index contributed by atoms with van der Waals surface area (Å²) in [5.74, 6) is 1.07. The Morgan fingerprint density at radius 1 is 1.04 bits per heavy atom. The Kier molecular flexibility index (Phi) is 6.00. The lowest BCUT2D eigenvalue weighted by Crippen LogP contribution is -2.23. The standard InChI is InChI=1S/C20H19ClN4O/c1-2-11-25(13-16-5-3-15(12-22)4-6-16)14-19-23-24-20(26-19)17-7-9-18(21)10-8-17/h3-10H,2,11,13-14H2,1H3. The summed E-state index contributed by atoms with van der Waals surface area (Å²) in [6.07, 6.45) is 1.02. The first-order chi connectivity index (χ1) is 12.7. The van der Waals surface area contributed by atoms with Crippen molar-refractivity contribution < 1.29 is 4.42 Å². The third-order valence-corrected chi connectivity index (χ3v) is 4.20. The number of benzene rings is 2. The molecular formula is C20H19ClN4O. The van der Waals surface area contributed by atoms with E-state index in [4.69, 9.17) is 21.3 Å². The quantitative estimate of drug-likeness (QED) is 0.607. The summed E-state index contributed by atoms with van der Waals surface area (Å²) in [5, 5.41) is 17.9.